The first-order chi connectivity index (χ1) is 6.43. The molecule has 0 amide bonds. The van der Waals surface area contributed by atoms with Crippen molar-refractivity contribution in [1.29, 1.82) is 5.41 Å². The molecule has 0 aliphatic rings. The van der Waals surface area contributed by atoms with Crippen LogP contribution in [0.4, 0.5) is 0 Å². The van der Waals surface area contributed by atoms with Gasteiger partial charge in [0, 0.05) is 11.8 Å². The summed E-state index contributed by atoms with van der Waals surface area (Å²) in [5.41, 5.74) is 7.66. The molecule has 0 aliphatic heterocycles. The first-order valence-electron chi connectivity index (χ1n) is 5.39. The molecule has 2 heteroatoms. The molecule has 2 nitrogen and oxygen atoms in total. The predicted octanol–water partition coefficient (Wildman–Crippen LogP) is 3.13. The van der Waals surface area contributed by atoms with Gasteiger partial charge < -0.3 is 11.1 Å². The fourth-order valence-electron chi connectivity index (χ4n) is 1.18. The average molecular weight is 196 g/mol. The molecule has 14 heavy (non-hydrogen) atoms. The normalized spacial score (nSPS) is 14.6. The van der Waals surface area contributed by atoms with Gasteiger partial charge >= 0.3 is 0 Å². The van der Waals surface area contributed by atoms with E-state index in [4.69, 9.17) is 11.1 Å². The zero-order chi connectivity index (χ0) is 11.1. The molecular weight excluding hydrogens is 172 g/mol. The van der Waals surface area contributed by atoms with Gasteiger partial charge in [0.15, 0.2) is 0 Å². The van der Waals surface area contributed by atoms with Crippen LogP contribution in [0.5, 0.6) is 0 Å². The molecule has 0 rings (SSSR count). The molecule has 0 aromatic rings. The highest BCUT2D eigenvalue weighted by atomic mass is 14.7. The van der Waals surface area contributed by atoms with E-state index in [9.17, 15) is 0 Å². The summed E-state index contributed by atoms with van der Waals surface area (Å²) in [5.74, 6) is 0.656. The van der Waals surface area contributed by atoms with Gasteiger partial charge in [-0.25, -0.2) is 0 Å². The van der Waals surface area contributed by atoms with E-state index in [0.717, 1.165) is 19.3 Å². The zero-order valence-corrected chi connectivity index (χ0v) is 9.93. The summed E-state index contributed by atoms with van der Waals surface area (Å²) in [6.45, 7) is 8.35. The van der Waals surface area contributed by atoms with Crippen LogP contribution in [-0.4, -0.2) is 11.8 Å². The average Bonchev–Trinajstić information content (AvgIpc) is 2.10. The Morgan fingerprint density at radius 1 is 1.36 bits per heavy atom. The Morgan fingerprint density at radius 3 is 2.36 bits per heavy atom. The van der Waals surface area contributed by atoms with Gasteiger partial charge in [0.05, 0.1) is 0 Å². The van der Waals surface area contributed by atoms with Crippen LogP contribution >= 0.6 is 0 Å². The van der Waals surface area contributed by atoms with E-state index < -0.39 is 0 Å². The van der Waals surface area contributed by atoms with E-state index in [1.807, 2.05) is 6.92 Å². The number of allylic oxidation sites excluding steroid dienone is 2. The van der Waals surface area contributed by atoms with Gasteiger partial charge in [-0.05, 0) is 46.0 Å². The van der Waals surface area contributed by atoms with Crippen molar-refractivity contribution in [3.8, 4) is 0 Å². The molecule has 0 radical (unpaired) electrons. The third kappa shape index (κ3) is 6.84. The maximum atomic E-state index is 7.61. The zero-order valence-electron chi connectivity index (χ0n) is 9.93. The van der Waals surface area contributed by atoms with Gasteiger partial charge in [-0.2, -0.15) is 0 Å². The van der Waals surface area contributed by atoms with E-state index in [1.165, 1.54) is 5.57 Å². The second kappa shape index (κ2) is 6.77. The molecule has 0 saturated heterocycles. The molecule has 0 heterocycles. The number of hydrogen-bond acceptors (Lipinski definition) is 2. The number of hydrogen-bond donors (Lipinski definition) is 2. The maximum absolute atomic E-state index is 7.61. The number of nitrogens with one attached hydrogen (secondary N) is 1. The SMILES string of the molecule is CC(C)=CCC(C)CCC(=N)C(C)N. The van der Waals surface area contributed by atoms with Gasteiger partial charge in [0.2, 0.25) is 0 Å². The molecule has 0 bridgehead atoms. The van der Waals surface area contributed by atoms with E-state index in [2.05, 4.69) is 26.8 Å². The summed E-state index contributed by atoms with van der Waals surface area (Å²) in [5, 5.41) is 7.61. The molecule has 2 atom stereocenters. The van der Waals surface area contributed by atoms with Gasteiger partial charge in [-0.1, -0.05) is 18.6 Å². The molecule has 82 valence electrons. The van der Waals surface area contributed by atoms with Gasteiger partial charge in [0.1, 0.15) is 0 Å². The topological polar surface area (TPSA) is 49.9 Å². The van der Waals surface area contributed by atoms with Gasteiger partial charge in [-0.15, -0.1) is 0 Å². The van der Waals surface area contributed by atoms with Crippen LogP contribution in [0.2, 0.25) is 0 Å². The minimum atomic E-state index is -0.0781. The Balaban J connectivity index is 3.69. The lowest BCUT2D eigenvalue weighted by molar-refractivity contribution is 0.548. The Kier molecular flexibility index (Phi) is 6.46. The lowest BCUT2D eigenvalue weighted by atomic mass is 9.97. The second-order valence-electron chi connectivity index (χ2n) is 4.47. The van der Waals surface area contributed by atoms with Gasteiger partial charge in [0.25, 0.3) is 0 Å². The van der Waals surface area contributed by atoms with Crippen molar-refractivity contribution in [2.45, 2.75) is 53.0 Å². The summed E-state index contributed by atoms with van der Waals surface area (Å²) in [7, 11) is 0. The van der Waals surface area contributed by atoms with E-state index in [-0.39, 0.29) is 6.04 Å². The Labute approximate surface area is 88.1 Å². The van der Waals surface area contributed by atoms with Crippen molar-refractivity contribution in [3.63, 3.8) is 0 Å². The molecule has 2 unspecified atom stereocenters. The summed E-state index contributed by atoms with van der Waals surface area (Å²) < 4.78 is 0. The first kappa shape index (κ1) is 13.4. The minimum Gasteiger partial charge on any atom is -0.323 e. The highest BCUT2D eigenvalue weighted by molar-refractivity contribution is 5.85. The second-order valence-corrected chi connectivity index (χ2v) is 4.47. The Bertz CT molecular complexity index is 200. The summed E-state index contributed by atoms with van der Waals surface area (Å²) >= 11 is 0. The molecule has 0 saturated carbocycles. The largest absolute Gasteiger partial charge is 0.323 e. The summed E-state index contributed by atoms with van der Waals surface area (Å²) in [4.78, 5) is 0. The summed E-state index contributed by atoms with van der Waals surface area (Å²) in [6.07, 6.45) is 5.30. The third-order valence-electron chi connectivity index (χ3n) is 2.38. The van der Waals surface area contributed by atoms with Crippen molar-refractivity contribution in [3.05, 3.63) is 11.6 Å². The standard InChI is InChI=1S/C12H24N2/c1-9(2)5-6-10(3)7-8-12(14)11(4)13/h5,10-11,14H,6-8,13H2,1-4H3. The van der Waals surface area contributed by atoms with E-state index in [0.29, 0.717) is 11.6 Å². The fraction of sp³-hybridized carbons (Fsp3) is 0.750. The maximum Gasteiger partial charge on any atom is 0.0394 e. The molecule has 0 aromatic carbocycles. The van der Waals surface area contributed by atoms with Crippen LogP contribution in [-0.2, 0) is 0 Å². The molecule has 0 spiro atoms. The quantitative estimate of drug-likeness (QED) is 0.497. The monoisotopic (exact) mass is 196 g/mol. The Morgan fingerprint density at radius 2 is 1.93 bits per heavy atom. The van der Waals surface area contributed by atoms with Crippen LogP contribution in [0.3, 0.4) is 0 Å². The lowest BCUT2D eigenvalue weighted by Gasteiger charge is -2.11. The van der Waals surface area contributed by atoms with Crippen LogP contribution < -0.4 is 5.73 Å². The fourth-order valence-corrected chi connectivity index (χ4v) is 1.18. The number of rotatable bonds is 6. The van der Waals surface area contributed by atoms with Crippen molar-refractivity contribution >= 4 is 5.71 Å². The number of nitrogens with two attached hydrogens (primary N) is 1. The van der Waals surface area contributed by atoms with Crippen molar-refractivity contribution in [1.82, 2.24) is 0 Å². The highest BCUT2D eigenvalue weighted by Crippen LogP contribution is 2.13. The van der Waals surface area contributed by atoms with E-state index in [1.54, 1.807) is 0 Å². The highest BCUT2D eigenvalue weighted by Gasteiger charge is 2.06. The molecule has 3 N–H and O–H groups in total. The predicted molar refractivity (Wildman–Crippen MR) is 63.8 cm³/mol. The van der Waals surface area contributed by atoms with Crippen LogP contribution in [0.25, 0.3) is 0 Å². The van der Waals surface area contributed by atoms with E-state index >= 15 is 0 Å². The minimum absolute atomic E-state index is 0.0781. The van der Waals surface area contributed by atoms with Crippen LogP contribution in [0.15, 0.2) is 11.6 Å². The smallest absolute Gasteiger partial charge is 0.0394 e. The van der Waals surface area contributed by atoms with Crippen molar-refractivity contribution in [2.24, 2.45) is 11.7 Å². The molecule has 0 aromatic heterocycles. The van der Waals surface area contributed by atoms with Crippen molar-refractivity contribution < 1.29 is 0 Å². The summed E-state index contributed by atoms with van der Waals surface area (Å²) in [6, 6.07) is -0.0781. The van der Waals surface area contributed by atoms with Crippen LogP contribution in [0.1, 0.15) is 47.0 Å². The first-order valence-corrected chi connectivity index (χ1v) is 5.39. The Hall–Kier alpha value is -0.630. The van der Waals surface area contributed by atoms with Crippen molar-refractivity contribution in [2.75, 3.05) is 0 Å². The molecular formula is C12H24N2. The lowest BCUT2D eigenvalue weighted by Crippen LogP contribution is -2.26. The van der Waals surface area contributed by atoms with Gasteiger partial charge in [-0.3, -0.25) is 0 Å². The molecule has 0 aliphatic carbocycles. The molecule has 0 fully saturated rings. The van der Waals surface area contributed by atoms with Crippen LogP contribution in [0, 0.1) is 11.3 Å². The third-order valence-corrected chi connectivity index (χ3v) is 2.38.